The molecule has 0 unspecified atom stereocenters. The molecule has 5 heteroatoms. The van der Waals surface area contributed by atoms with Crippen LogP contribution in [0, 0.1) is 0 Å². The van der Waals surface area contributed by atoms with Gasteiger partial charge in [0.1, 0.15) is 6.33 Å². The number of nitrogens with one attached hydrogen (secondary N) is 1. The lowest BCUT2D eigenvalue weighted by Gasteiger charge is -1.97. The lowest BCUT2D eigenvalue weighted by atomic mass is 10.1. The normalized spacial score (nSPS) is 10.0. The molecule has 70 valence electrons. The molecular formula is C9H8N4O. The smallest absolute Gasteiger partial charge is 0.248 e. The predicted octanol–water partition coefficient (Wildman–Crippen LogP) is 0.571. The van der Waals surface area contributed by atoms with Gasteiger partial charge in [-0.2, -0.15) is 5.10 Å². The average molecular weight is 188 g/mol. The average Bonchev–Trinajstić information content (AvgIpc) is 2.71. The number of hydrogen-bond acceptors (Lipinski definition) is 3. The van der Waals surface area contributed by atoms with Gasteiger partial charge in [-0.3, -0.25) is 9.89 Å². The Kier molecular flexibility index (Phi) is 1.98. The van der Waals surface area contributed by atoms with Crippen molar-refractivity contribution >= 4 is 5.91 Å². The van der Waals surface area contributed by atoms with E-state index in [4.69, 9.17) is 5.73 Å². The van der Waals surface area contributed by atoms with E-state index >= 15 is 0 Å². The van der Waals surface area contributed by atoms with Crippen molar-refractivity contribution in [3.63, 3.8) is 0 Å². The molecular weight excluding hydrogens is 180 g/mol. The van der Waals surface area contributed by atoms with Crippen LogP contribution in [0.5, 0.6) is 0 Å². The summed E-state index contributed by atoms with van der Waals surface area (Å²) in [7, 11) is 0. The maximum absolute atomic E-state index is 10.8. The molecule has 0 aliphatic rings. The number of rotatable bonds is 2. The largest absolute Gasteiger partial charge is 0.366 e. The summed E-state index contributed by atoms with van der Waals surface area (Å²) in [5.41, 5.74) is 6.46. The molecule has 5 nitrogen and oxygen atoms in total. The van der Waals surface area contributed by atoms with E-state index in [9.17, 15) is 4.79 Å². The first-order valence-electron chi connectivity index (χ1n) is 4.03. The van der Waals surface area contributed by atoms with Gasteiger partial charge in [0, 0.05) is 11.1 Å². The van der Waals surface area contributed by atoms with E-state index < -0.39 is 5.91 Å². The summed E-state index contributed by atoms with van der Waals surface area (Å²) in [6.07, 6.45) is 1.43. The van der Waals surface area contributed by atoms with Crippen LogP contribution >= 0.6 is 0 Å². The van der Waals surface area contributed by atoms with Crippen molar-refractivity contribution < 1.29 is 4.79 Å². The summed E-state index contributed by atoms with van der Waals surface area (Å²) >= 11 is 0. The maximum atomic E-state index is 10.8. The summed E-state index contributed by atoms with van der Waals surface area (Å²) in [6.45, 7) is 0. The number of nitrogens with zero attached hydrogens (tertiary/aromatic N) is 2. The molecule has 0 aliphatic heterocycles. The molecule has 0 bridgehead atoms. The number of amides is 1. The standard InChI is InChI=1S/C9H8N4O/c10-8(14)6-1-3-7(4-2-6)9-11-5-12-13-9/h1-5H,(H2,10,14)(H,11,12,13). The highest BCUT2D eigenvalue weighted by atomic mass is 16.1. The van der Waals surface area contributed by atoms with Crippen LogP contribution < -0.4 is 5.73 Å². The number of primary amides is 1. The van der Waals surface area contributed by atoms with Crippen molar-refractivity contribution in [3.8, 4) is 11.4 Å². The van der Waals surface area contributed by atoms with E-state index in [1.165, 1.54) is 6.33 Å². The zero-order valence-corrected chi connectivity index (χ0v) is 7.27. The van der Waals surface area contributed by atoms with Crippen LogP contribution in [-0.2, 0) is 0 Å². The molecule has 0 aliphatic carbocycles. The monoisotopic (exact) mass is 188 g/mol. The molecule has 1 heterocycles. The van der Waals surface area contributed by atoms with Crippen LogP contribution in [0.3, 0.4) is 0 Å². The van der Waals surface area contributed by atoms with Crippen molar-refractivity contribution in [2.24, 2.45) is 5.73 Å². The van der Waals surface area contributed by atoms with Crippen LogP contribution in [0.2, 0.25) is 0 Å². The molecule has 0 atom stereocenters. The molecule has 1 aromatic heterocycles. The Morgan fingerprint density at radius 3 is 2.50 bits per heavy atom. The third kappa shape index (κ3) is 1.47. The number of carbonyl (C=O) groups excluding carboxylic acids is 1. The number of carbonyl (C=O) groups is 1. The van der Waals surface area contributed by atoms with E-state index in [2.05, 4.69) is 15.2 Å². The second-order valence-electron chi connectivity index (χ2n) is 2.78. The third-order valence-electron chi connectivity index (χ3n) is 1.86. The summed E-state index contributed by atoms with van der Waals surface area (Å²) in [5, 5.41) is 6.45. The van der Waals surface area contributed by atoms with Gasteiger partial charge in [0.25, 0.3) is 0 Å². The van der Waals surface area contributed by atoms with E-state index in [0.29, 0.717) is 11.4 Å². The van der Waals surface area contributed by atoms with Crippen LogP contribution in [0.1, 0.15) is 10.4 Å². The van der Waals surface area contributed by atoms with Crippen molar-refractivity contribution in [3.05, 3.63) is 36.2 Å². The summed E-state index contributed by atoms with van der Waals surface area (Å²) in [5.74, 6) is 0.232. The van der Waals surface area contributed by atoms with Crippen LogP contribution in [0.25, 0.3) is 11.4 Å². The third-order valence-corrected chi connectivity index (χ3v) is 1.86. The minimum Gasteiger partial charge on any atom is -0.366 e. The zero-order chi connectivity index (χ0) is 9.97. The number of H-pyrrole nitrogens is 1. The van der Waals surface area contributed by atoms with Gasteiger partial charge < -0.3 is 5.73 Å². The maximum Gasteiger partial charge on any atom is 0.248 e. The van der Waals surface area contributed by atoms with Crippen molar-refractivity contribution in [2.45, 2.75) is 0 Å². The lowest BCUT2D eigenvalue weighted by Crippen LogP contribution is -2.10. The number of aromatic nitrogens is 3. The first kappa shape index (κ1) is 8.43. The fraction of sp³-hybridized carbons (Fsp3) is 0. The number of aromatic amines is 1. The van der Waals surface area contributed by atoms with Gasteiger partial charge in [0.15, 0.2) is 5.82 Å². The molecule has 0 fully saturated rings. The highest BCUT2D eigenvalue weighted by Gasteiger charge is 2.02. The highest BCUT2D eigenvalue weighted by Crippen LogP contribution is 2.13. The Balaban J connectivity index is 2.36. The first-order chi connectivity index (χ1) is 6.77. The number of benzene rings is 1. The summed E-state index contributed by atoms with van der Waals surface area (Å²) in [6, 6.07) is 6.83. The van der Waals surface area contributed by atoms with E-state index in [0.717, 1.165) is 5.56 Å². The fourth-order valence-corrected chi connectivity index (χ4v) is 1.14. The second kappa shape index (κ2) is 3.29. The molecule has 2 aromatic rings. The predicted molar refractivity (Wildman–Crippen MR) is 50.3 cm³/mol. The Bertz CT molecular complexity index is 432. The molecule has 1 aromatic carbocycles. The zero-order valence-electron chi connectivity index (χ0n) is 7.27. The molecule has 1 amide bonds. The Labute approximate surface area is 80.0 Å². The van der Waals surface area contributed by atoms with Crippen molar-refractivity contribution in [1.29, 1.82) is 0 Å². The Morgan fingerprint density at radius 2 is 2.00 bits per heavy atom. The van der Waals surface area contributed by atoms with Gasteiger partial charge >= 0.3 is 0 Å². The first-order valence-corrected chi connectivity index (χ1v) is 4.03. The van der Waals surface area contributed by atoms with Crippen LogP contribution in [0.4, 0.5) is 0 Å². The molecule has 3 N–H and O–H groups in total. The molecule has 0 saturated heterocycles. The second-order valence-corrected chi connectivity index (χ2v) is 2.78. The van der Waals surface area contributed by atoms with Crippen LogP contribution in [-0.4, -0.2) is 21.1 Å². The van der Waals surface area contributed by atoms with Gasteiger partial charge in [-0.1, -0.05) is 12.1 Å². The minimum atomic E-state index is -0.436. The van der Waals surface area contributed by atoms with E-state index in [-0.39, 0.29) is 0 Å². The lowest BCUT2D eigenvalue weighted by molar-refractivity contribution is 0.100. The number of hydrogen-bond donors (Lipinski definition) is 2. The molecule has 14 heavy (non-hydrogen) atoms. The minimum absolute atomic E-state index is 0.436. The van der Waals surface area contributed by atoms with E-state index in [1.54, 1.807) is 24.3 Å². The summed E-state index contributed by atoms with van der Waals surface area (Å²) < 4.78 is 0. The van der Waals surface area contributed by atoms with Gasteiger partial charge in [-0.15, -0.1) is 0 Å². The Morgan fingerprint density at radius 1 is 1.29 bits per heavy atom. The Hall–Kier alpha value is -2.17. The quantitative estimate of drug-likeness (QED) is 0.722. The SMILES string of the molecule is NC(=O)c1ccc(-c2ncn[nH]2)cc1. The molecule has 0 spiro atoms. The van der Waals surface area contributed by atoms with Crippen molar-refractivity contribution in [1.82, 2.24) is 15.2 Å². The van der Waals surface area contributed by atoms with Gasteiger partial charge in [0.2, 0.25) is 5.91 Å². The highest BCUT2D eigenvalue weighted by molar-refractivity contribution is 5.93. The number of nitrogens with two attached hydrogens (primary N) is 1. The van der Waals surface area contributed by atoms with E-state index in [1.807, 2.05) is 0 Å². The fourth-order valence-electron chi connectivity index (χ4n) is 1.14. The molecule has 0 radical (unpaired) electrons. The van der Waals surface area contributed by atoms with Gasteiger partial charge in [0.05, 0.1) is 0 Å². The molecule has 0 saturated carbocycles. The van der Waals surface area contributed by atoms with Crippen molar-refractivity contribution in [2.75, 3.05) is 0 Å². The van der Waals surface area contributed by atoms with Crippen LogP contribution in [0.15, 0.2) is 30.6 Å². The summed E-state index contributed by atoms with van der Waals surface area (Å²) in [4.78, 5) is 14.8. The van der Waals surface area contributed by atoms with Gasteiger partial charge in [-0.05, 0) is 12.1 Å². The van der Waals surface area contributed by atoms with Gasteiger partial charge in [-0.25, -0.2) is 4.98 Å². The molecule has 2 rings (SSSR count). The topological polar surface area (TPSA) is 84.7 Å².